The predicted octanol–water partition coefficient (Wildman–Crippen LogP) is 4.93. The van der Waals surface area contributed by atoms with Crippen LogP contribution in [-0.4, -0.2) is 58.8 Å². The molecule has 1 amide bonds. The van der Waals surface area contributed by atoms with Crippen molar-refractivity contribution in [2.24, 2.45) is 0 Å². The Labute approximate surface area is 235 Å². The van der Waals surface area contributed by atoms with E-state index in [-0.39, 0.29) is 29.6 Å². The van der Waals surface area contributed by atoms with Crippen LogP contribution in [0.1, 0.15) is 46.4 Å². The first-order valence-electron chi connectivity index (χ1n) is 12.6. The molecule has 0 bridgehead atoms. The van der Waals surface area contributed by atoms with E-state index in [0.29, 0.717) is 24.5 Å². The number of hydrogen-bond acceptors (Lipinski definition) is 7. The van der Waals surface area contributed by atoms with Gasteiger partial charge in [0.1, 0.15) is 12.2 Å². The lowest BCUT2D eigenvalue weighted by molar-refractivity contribution is 0.0705. The minimum Gasteiger partial charge on any atom is -0.359 e. The third-order valence-electron chi connectivity index (χ3n) is 6.92. The fourth-order valence-corrected chi connectivity index (χ4v) is 5.13. The SMILES string of the molecule is Cc1cc(C(=O)N2CCC(c3cc(Cn4cc(-c5c(F)cncc5F)nn4)on3)CC2)nn1-c1ccc(Br)cc1. The van der Waals surface area contributed by atoms with E-state index < -0.39 is 11.6 Å². The highest BCUT2D eigenvalue weighted by Gasteiger charge is 2.28. The van der Waals surface area contributed by atoms with E-state index in [9.17, 15) is 13.6 Å². The van der Waals surface area contributed by atoms with Gasteiger partial charge in [-0.3, -0.25) is 9.78 Å². The second-order valence-corrected chi connectivity index (χ2v) is 10.5. The van der Waals surface area contributed by atoms with Crippen LogP contribution in [0.3, 0.4) is 0 Å². The molecule has 0 atom stereocenters. The van der Waals surface area contributed by atoms with E-state index in [1.165, 1.54) is 10.9 Å². The minimum atomic E-state index is -0.813. The second-order valence-electron chi connectivity index (χ2n) is 9.62. The molecule has 1 saturated heterocycles. The third kappa shape index (κ3) is 5.16. The highest BCUT2D eigenvalue weighted by Crippen LogP contribution is 2.29. The second kappa shape index (κ2) is 10.7. The lowest BCUT2D eigenvalue weighted by Crippen LogP contribution is -2.38. The Balaban J connectivity index is 1.07. The summed E-state index contributed by atoms with van der Waals surface area (Å²) in [5, 5.41) is 16.6. The maximum atomic E-state index is 14.0. The van der Waals surface area contributed by atoms with Gasteiger partial charge in [0.2, 0.25) is 0 Å². The molecule has 1 aliphatic heterocycles. The Morgan fingerprint density at radius 3 is 2.55 bits per heavy atom. The van der Waals surface area contributed by atoms with Crippen LogP contribution in [0.5, 0.6) is 0 Å². The van der Waals surface area contributed by atoms with Crippen LogP contribution < -0.4 is 0 Å². The highest BCUT2D eigenvalue weighted by atomic mass is 79.9. The van der Waals surface area contributed by atoms with Crippen molar-refractivity contribution in [3.63, 3.8) is 0 Å². The number of likely N-dealkylation sites (tertiary alicyclic amines) is 1. The van der Waals surface area contributed by atoms with Gasteiger partial charge in [0.05, 0.1) is 35.5 Å². The van der Waals surface area contributed by atoms with Crippen molar-refractivity contribution in [3.05, 3.63) is 93.9 Å². The smallest absolute Gasteiger partial charge is 0.274 e. The maximum Gasteiger partial charge on any atom is 0.274 e. The van der Waals surface area contributed by atoms with Crippen LogP contribution >= 0.6 is 15.9 Å². The molecule has 0 aliphatic carbocycles. The van der Waals surface area contributed by atoms with Gasteiger partial charge in [0, 0.05) is 35.2 Å². The minimum absolute atomic E-state index is 0.0612. The number of carbonyl (C=O) groups is 1. The summed E-state index contributed by atoms with van der Waals surface area (Å²) in [5.74, 6) is -1.05. The van der Waals surface area contributed by atoms with Gasteiger partial charge in [-0.25, -0.2) is 18.1 Å². The van der Waals surface area contributed by atoms with Gasteiger partial charge in [-0.1, -0.05) is 26.3 Å². The summed E-state index contributed by atoms with van der Waals surface area (Å²) in [6.45, 7) is 3.28. The quantitative estimate of drug-likeness (QED) is 0.269. The van der Waals surface area contributed by atoms with Crippen LogP contribution in [0, 0.1) is 18.6 Å². The molecule has 0 saturated carbocycles. The first-order valence-corrected chi connectivity index (χ1v) is 13.4. The molecule has 204 valence electrons. The van der Waals surface area contributed by atoms with E-state index in [1.54, 1.807) is 4.68 Å². The summed E-state index contributed by atoms with van der Waals surface area (Å²) < 4.78 is 37.7. The molecule has 1 aliphatic rings. The number of benzene rings is 1. The van der Waals surface area contributed by atoms with Gasteiger partial charge in [-0.2, -0.15) is 5.10 Å². The van der Waals surface area contributed by atoms with Crippen molar-refractivity contribution in [1.29, 1.82) is 0 Å². The Kier molecular flexibility index (Phi) is 6.96. The molecule has 6 rings (SSSR count). The number of pyridine rings is 1. The molecule has 5 aromatic rings. The zero-order valence-electron chi connectivity index (χ0n) is 21.3. The molecule has 1 fully saturated rings. The molecule has 5 heterocycles. The van der Waals surface area contributed by atoms with Gasteiger partial charge in [-0.15, -0.1) is 5.10 Å². The van der Waals surface area contributed by atoms with Gasteiger partial charge in [0.25, 0.3) is 5.91 Å². The van der Waals surface area contributed by atoms with Crippen LogP contribution in [0.2, 0.25) is 0 Å². The number of aromatic nitrogens is 7. The van der Waals surface area contributed by atoms with Crippen molar-refractivity contribution in [3.8, 4) is 16.9 Å². The van der Waals surface area contributed by atoms with E-state index in [4.69, 9.17) is 4.52 Å². The lowest BCUT2D eigenvalue weighted by Gasteiger charge is -2.30. The average molecular weight is 609 g/mol. The molecule has 13 heteroatoms. The zero-order chi connectivity index (χ0) is 27.8. The fourth-order valence-electron chi connectivity index (χ4n) is 4.86. The molecular weight excluding hydrogens is 586 g/mol. The number of rotatable bonds is 6. The molecule has 0 spiro atoms. The normalized spacial score (nSPS) is 14.2. The third-order valence-corrected chi connectivity index (χ3v) is 7.45. The lowest BCUT2D eigenvalue weighted by atomic mass is 9.93. The largest absolute Gasteiger partial charge is 0.359 e. The van der Waals surface area contributed by atoms with E-state index in [0.717, 1.165) is 46.8 Å². The van der Waals surface area contributed by atoms with Crippen LogP contribution in [0.25, 0.3) is 16.9 Å². The first kappa shape index (κ1) is 26.0. The van der Waals surface area contributed by atoms with Gasteiger partial charge in [-0.05, 0) is 50.1 Å². The fraction of sp³-hybridized carbons (Fsp3) is 0.259. The molecular formula is C27H23BrF2N8O2. The molecule has 0 radical (unpaired) electrons. The first-order chi connectivity index (χ1) is 19.4. The molecule has 0 N–H and O–H groups in total. The van der Waals surface area contributed by atoms with Crippen molar-refractivity contribution in [1.82, 2.24) is 39.8 Å². The Bertz CT molecular complexity index is 1650. The Morgan fingerprint density at radius 2 is 1.82 bits per heavy atom. The zero-order valence-corrected chi connectivity index (χ0v) is 22.9. The number of nitrogens with zero attached hydrogens (tertiary/aromatic N) is 8. The molecule has 0 unspecified atom stereocenters. The van der Waals surface area contributed by atoms with Gasteiger partial charge >= 0.3 is 0 Å². The number of halogens is 3. The summed E-state index contributed by atoms with van der Waals surface area (Å²) in [6.07, 6.45) is 4.76. The number of amides is 1. The molecule has 40 heavy (non-hydrogen) atoms. The molecule has 4 aromatic heterocycles. The summed E-state index contributed by atoms with van der Waals surface area (Å²) >= 11 is 3.44. The van der Waals surface area contributed by atoms with E-state index >= 15 is 0 Å². The number of piperidine rings is 1. The van der Waals surface area contributed by atoms with Crippen molar-refractivity contribution in [2.75, 3.05) is 13.1 Å². The predicted molar refractivity (Wildman–Crippen MR) is 143 cm³/mol. The highest BCUT2D eigenvalue weighted by molar-refractivity contribution is 9.10. The van der Waals surface area contributed by atoms with Crippen LogP contribution in [0.15, 0.2) is 64.0 Å². The van der Waals surface area contributed by atoms with Crippen LogP contribution in [0.4, 0.5) is 8.78 Å². The number of hydrogen-bond donors (Lipinski definition) is 0. The summed E-state index contributed by atoms with van der Waals surface area (Å²) in [4.78, 5) is 18.5. The standard InChI is InChI=1S/C27H23BrF2N8O2/c1-16-10-24(33-38(16)19-4-2-18(28)3-5-19)27(39)36-8-6-17(7-9-36)23-11-20(40-34-23)14-37-15-25(32-35-37)26-21(29)12-31-13-22(26)30/h2-5,10-13,15,17H,6-9,14H2,1H3. The van der Waals surface area contributed by atoms with Crippen molar-refractivity contribution >= 4 is 21.8 Å². The maximum absolute atomic E-state index is 14.0. The topological polar surface area (TPSA) is 108 Å². The van der Waals surface area contributed by atoms with E-state index in [2.05, 4.69) is 41.5 Å². The van der Waals surface area contributed by atoms with E-state index in [1.807, 2.05) is 48.2 Å². The summed E-state index contributed by atoms with van der Waals surface area (Å²) in [7, 11) is 0. The molecule has 1 aromatic carbocycles. The summed E-state index contributed by atoms with van der Waals surface area (Å²) in [6, 6.07) is 11.4. The van der Waals surface area contributed by atoms with Gasteiger partial charge < -0.3 is 9.42 Å². The van der Waals surface area contributed by atoms with Crippen LogP contribution in [-0.2, 0) is 6.54 Å². The van der Waals surface area contributed by atoms with Crippen molar-refractivity contribution in [2.45, 2.75) is 32.2 Å². The number of aryl methyl sites for hydroxylation is 1. The molecule has 10 nitrogen and oxygen atoms in total. The number of carbonyl (C=O) groups excluding carboxylic acids is 1. The Morgan fingerprint density at radius 1 is 1.10 bits per heavy atom. The average Bonchev–Trinajstić information content (AvgIpc) is 3.70. The van der Waals surface area contributed by atoms with Crippen molar-refractivity contribution < 1.29 is 18.1 Å². The monoisotopic (exact) mass is 608 g/mol. The Hall–Kier alpha value is -4.26. The van der Waals surface area contributed by atoms with Gasteiger partial charge in [0.15, 0.2) is 23.1 Å². The summed E-state index contributed by atoms with van der Waals surface area (Å²) in [5.41, 5.74) is 2.76.